The first kappa shape index (κ1) is 25.4. The number of rotatable bonds is 10. The molecule has 0 radical (unpaired) electrons. The summed E-state index contributed by atoms with van der Waals surface area (Å²) in [6, 6.07) is -0.170. The van der Waals surface area contributed by atoms with Crippen molar-refractivity contribution in [1.82, 2.24) is 0 Å². The summed E-state index contributed by atoms with van der Waals surface area (Å²) in [5.41, 5.74) is 0. The van der Waals surface area contributed by atoms with E-state index in [4.69, 9.17) is 24.5 Å². The third-order valence-electron chi connectivity index (χ3n) is 4.11. The Morgan fingerprint density at radius 1 is 1.22 bits per heavy atom. The quantitative estimate of drug-likeness (QED) is 0.370. The van der Waals surface area contributed by atoms with Crippen molar-refractivity contribution in [3.05, 3.63) is 0 Å². The first-order valence-corrected chi connectivity index (χ1v) is 10.6. The average molecular weight is 406 g/mol. The van der Waals surface area contributed by atoms with E-state index in [1.165, 1.54) is 12.8 Å². The van der Waals surface area contributed by atoms with Crippen molar-refractivity contribution >= 4 is 35.5 Å². The minimum Gasteiger partial charge on any atom is -0.539 e. The Balaban J connectivity index is 0.000000972. The van der Waals surface area contributed by atoms with Gasteiger partial charge >= 0.3 is 11.9 Å². The van der Waals surface area contributed by atoms with E-state index >= 15 is 0 Å². The summed E-state index contributed by atoms with van der Waals surface area (Å²) >= 11 is 1.73. The van der Waals surface area contributed by atoms with Crippen molar-refractivity contribution in [3.63, 3.8) is 0 Å². The maximum absolute atomic E-state index is 12.0. The Kier molecular flexibility index (Phi) is 13.6. The highest BCUT2D eigenvalue weighted by Gasteiger charge is 2.26. The molecule has 0 aliphatic heterocycles. The van der Waals surface area contributed by atoms with Crippen molar-refractivity contribution in [2.24, 2.45) is 5.92 Å². The van der Waals surface area contributed by atoms with Gasteiger partial charge in [0, 0.05) is 12.3 Å². The normalized spacial score (nSPS) is 15.0. The first-order chi connectivity index (χ1) is 12.7. The third-order valence-corrected chi connectivity index (χ3v) is 4.76. The molecule has 3 N–H and O–H groups in total. The number of ether oxygens (including phenoxy) is 1. The van der Waals surface area contributed by atoms with Gasteiger partial charge in [0.25, 0.3) is 0 Å². The number of carboxylic acid groups (broad SMARTS) is 2. The Labute approximate surface area is 164 Å². The number of quaternary nitrogens is 1. The van der Waals surface area contributed by atoms with E-state index in [1.54, 1.807) is 11.8 Å². The SMILES string of the molecule is CSCCC([NH2+]CCC(=O)C1CCCC1)C(=O)OC(C)C.O=C([O-])C(=O)O. The zero-order valence-corrected chi connectivity index (χ0v) is 17.1. The molecule has 0 saturated heterocycles. The number of carbonyl (C=O) groups excluding carboxylic acids is 3. The summed E-state index contributed by atoms with van der Waals surface area (Å²) in [5, 5.41) is 18.3. The van der Waals surface area contributed by atoms with E-state index in [1.807, 2.05) is 25.4 Å². The summed E-state index contributed by atoms with van der Waals surface area (Å²) in [4.78, 5) is 42.1. The van der Waals surface area contributed by atoms with E-state index in [2.05, 4.69) is 0 Å². The molecule has 1 unspecified atom stereocenters. The maximum Gasteiger partial charge on any atom is 0.365 e. The fourth-order valence-corrected chi connectivity index (χ4v) is 3.26. The van der Waals surface area contributed by atoms with Crippen LogP contribution in [-0.4, -0.2) is 59.5 Å². The van der Waals surface area contributed by atoms with Gasteiger partial charge < -0.3 is 25.1 Å². The van der Waals surface area contributed by atoms with Crippen LogP contribution in [0.2, 0.25) is 0 Å². The van der Waals surface area contributed by atoms with Gasteiger partial charge in [0.2, 0.25) is 0 Å². The molecule has 1 rings (SSSR count). The minimum absolute atomic E-state index is 0.0807. The second kappa shape index (κ2) is 14.4. The fourth-order valence-electron chi connectivity index (χ4n) is 2.78. The molecule has 0 aromatic carbocycles. The van der Waals surface area contributed by atoms with Gasteiger partial charge in [0.05, 0.1) is 19.1 Å². The van der Waals surface area contributed by atoms with Crippen LogP contribution in [0, 0.1) is 5.92 Å². The van der Waals surface area contributed by atoms with E-state index in [0.29, 0.717) is 18.7 Å². The smallest absolute Gasteiger partial charge is 0.365 e. The molecule has 1 saturated carbocycles. The van der Waals surface area contributed by atoms with E-state index in [-0.39, 0.29) is 24.0 Å². The monoisotopic (exact) mass is 405 g/mol. The number of hydrogen-bond donors (Lipinski definition) is 2. The van der Waals surface area contributed by atoms with Crippen molar-refractivity contribution in [1.29, 1.82) is 0 Å². The summed E-state index contributed by atoms with van der Waals surface area (Å²) in [5.74, 6) is -2.56. The van der Waals surface area contributed by atoms with Crippen molar-refractivity contribution in [2.75, 3.05) is 18.6 Å². The second-order valence-electron chi connectivity index (χ2n) is 6.69. The van der Waals surface area contributed by atoms with Crippen molar-refractivity contribution < 1.29 is 39.4 Å². The van der Waals surface area contributed by atoms with Gasteiger partial charge in [0.1, 0.15) is 5.78 Å². The molecule has 0 aromatic heterocycles. The Morgan fingerprint density at radius 3 is 2.22 bits per heavy atom. The number of ketones is 1. The lowest BCUT2D eigenvalue weighted by Crippen LogP contribution is -2.92. The van der Waals surface area contributed by atoms with Crippen LogP contribution >= 0.6 is 11.8 Å². The molecule has 27 heavy (non-hydrogen) atoms. The van der Waals surface area contributed by atoms with Crippen molar-refractivity contribution in [2.45, 2.75) is 64.5 Å². The molecule has 0 aromatic rings. The molecule has 0 amide bonds. The first-order valence-electron chi connectivity index (χ1n) is 9.18. The van der Waals surface area contributed by atoms with Crippen LogP contribution in [0.4, 0.5) is 0 Å². The number of carboxylic acids is 2. The van der Waals surface area contributed by atoms with Crippen molar-refractivity contribution in [3.8, 4) is 0 Å². The van der Waals surface area contributed by atoms with Gasteiger partial charge in [0.15, 0.2) is 12.0 Å². The average Bonchev–Trinajstić information content (AvgIpc) is 3.12. The van der Waals surface area contributed by atoms with Gasteiger partial charge in [-0.05, 0) is 38.7 Å². The van der Waals surface area contributed by atoms with Gasteiger partial charge in [-0.1, -0.05) is 12.8 Å². The number of thioether (sulfide) groups is 1. The largest absolute Gasteiger partial charge is 0.539 e. The molecule has 1 aliphatic carbocycles. The third kappa shape index (κ3) is 12.4. The fraction of sp³-hybridized carbons (Fsp3) is 0.778. The molecular weight excluding hydrogens is 374 g/mol. The van der Waals surface area contributed by atoms with E-state index in [0.717, 1.165) is 25.0 Å². The van der Waals surface area contributed by atoms with Crippen LogP contribution in [0.1, 0.15) is 52.4 Å². The van der Waals surface area contributed by atoms with Gasteiger partial charge in [-0.2, -0.15) is 11.8 Å². The highest BCUT2D eigenvalue weighted by atomic mass is 32.2. The Hall–Kier alpha value is -1.61. The molecule has 1 atom stereocenters. The highest BCUT2D eigenvalue weighted by molar-refractivity contribution is 7.98. The van der Waals surface area contributed by atoms with Crippen LogP contribution in [0.3, 0.4) is 0 Å². The minimum atomic E-state index is -2.07. The molecule has 0 bridgehead atoms. The zero-order chi connectivity index (χ0) is 20.8. The predicted octanol–water partition coefficient (Wildman–Crippen LogP) is -0.407. The van der Waals surface area contributed by atoms with Crippen LogP contribution < -0.4 is 10.4 Å². The number of Topliss-reactive ketones (excluding diaryl/α,β-unsaturated/α-hetero) is 1. The van der Waals surface area contributed by atoms with Crippen LogP contribution in [0.15, 0.2) is 0 Å². The summed E-state index contributed by atoms with van der Waals surface area (Å²) in [6.07, 6.45) is 7.83. The van der Waals surface area contributed by atoms with Gasteiger partial charge in [-0.25, -0.2) is 9.59 Å². The molecule has 156 valence electrons. The standard InChI is InChI=1S/C16H29NO3S.C2H2O4/c1-12(2)20-16(19)14(9-11-21-3)17-10-8-15(18)13-6-4-5-7-13;3-1(4)2(5)6/h12-14,17H,4-11H2,1-3H3;(H,3,4)(H,5,6). The van der Waals surface area contributed by atoms with Gasteiger partial charge in [-0.3, -0.25) is 4.79 Å². The molecule has 1 fully saturated rings. The van der Waals surface area contributed by atoms with Crippen LogP contribution in [-0.2, 0) is 23.9 Å². The van der Waals surface area contributed by atoms with E-state index < -0.39 is 11.9 Å². The lowest BCUT2D eigenvalue weighted by atomic mass is 10.00. The molecule has 0 spiro atoms. The Morgan fingerprint density at radius 2 is 1.78 bits per heavy atom. The molecule has 1 aliphatic rings. The van der Waals surface area contributed by atoms with Crippen LogP contribution in [0.5, 0.6) is 0 Å². The zero-order valence-electron chi connectivity index (χ0n) is 16.3. The van der Waals surface area contributed by atoms with Gasteiger partial charge in [-0.15, -0.1) is 0 Å². The highest BCUT2D eigenvalue weighted by Crippen LogP contribution is 2.25. The molecule has 0 heterocycles. The second-order valence-corrected chi connectivity index (χ2v) is 7.67. The molecule has 9 heteroatoms. The summed E-state index contributed by atoms with van der Waals surface area (Å²) in [7, 11) is 0. The summed E-state index contributed by atoms with van der Waals surface area (Å²) in [6.45, 7) is 4.43. The maximum atomic E-state index is 12.0. The Bertz CT molecular complexity index is 478. The lowest BCUT2D eigenvalue weighted by Gasteiger charge is -2.16. The topological polar surface area (TPSA) is 137 Å². The van der Waals surface area contributed by atoms with Crippen LogP contribution in [0.25, 0.3) is 0 Å². The number of hydrogen-bond acceptors (Lipinski definition) is 7. The number of esters is 1. The number of nitrogens with two attached hydrogens (primary N) is 1. The van der Waals surface area contributed by atoms with E-state index in [9.17, 15) is 9.59 Å². The lowest BCUT2D eigenvalue weighted by molar-refractivity contribution is -0.677. The predicted molar refractivity (Wildman–Crippen MR) is 99.0 cm³/mol. The summed E-state index contributed by atoms with van der Waals surface area (Å²) < 4.78 is 5.30. The number of carbonyl (C=O) groups is 4. The number of aliphatic carboxylic acids is 2. The molecular formula is C18H31NO7S. The molecule has 8 nitrogen and oxygen atoms in total.